The molecule has 64 valence electrons. The third-order valence-electron chi connectivity index (χ3n) is 1.71. The van der Waals surface area contributed by atoms with Crippen LogP contribution in [0.3, 0.4) is 0 Å². The van der Waals surface area contributed by atoms with Crippen LogP contribution in [-0.2, 0) is 0 Å². The number of nitrogens with zero attached hydrogens (tertiary/aromatic N) is 5. The van der Waals surface area contributed by atoms with E-state index >= 15 is 0 Å². The molecule has 2 N–H and O–H groups in total. The molecule has 8 heteroatoms. The maximum Gasteiger partial charge on any atom is 0.224 e. The zero-order chi connectivity index (χ0) is 8.84. The molecule has 0 aliphatic carbocycles. The van der Waals surface area contributed by atoms with Gasteiger partial charge in [-0.2, -0.15) is 19.7 Å². The predicted octanol–water partition coefficient (Wildman–Crippen LogP) is 0.0582. The number of hydrogen-bond donors (Lipinski definition) is 2. The monoisotopic (exact) mass is 193 g/mol. The van der Waals surface area contributed by atoms with Crippen LogP contribution in [0.25, 0.3) is 16.8 Å². The fourth-order valence-electron chi connectivity index (χ4n) is 1.17. The third-order valence-corrected chi connectivity index (χ3v) is 1.98. The summed E-state index contributed by atoms with van der Waals surface area (Å²) in [5.74, 6) is 0. The lowest BCUT2D eigenvalue weighted by Crippen LogP contribution is -1.93. The van der Waals surface area contributed by atoms with Gasteiger partial charge in [0, 0.05) is 0 Å². The average molecular weight is 193 g/mol. The number of hydrogen-bond acceptors (Lipinski definition) is 5. The fraction of sp³-hybridized carbons (Fsp3) is 0. The first-order chi connectivity index (χ1) is 6.36. The van der Waals surface area contributed by atoms with Gasteiger partial charge in [0.15, 0.2) is 16.8 Å². The molecule has 0 atom stereocenters. The molecule has 0 spiro atoms. The van der Waals surface area contributed by atoms with Crippen molar-refractivity contribution in [1.82, 2.24) is 35.0 Å². The largest absolute Gasteiger partial charge is 0.266 e. The number of fused-ring (bicyclic) bond motifs is 3. The van der Waals surface area contributed by atoms with Gasteiger partial charge >= 0.3 is 0 Å². The minimum absolute atomic E-state index is 0.359. The van der Waals surface area contributed by atoms with Crippen LogP contribution in [0.5, 0.6) is 0 Å². The second-order valence-corrected chi connectivity index (χ2v) is 2.80. The molecule has 3 heterocycles. The third kappa shape index (κ3) is 0.746. The molecular weight excluding hydrogens is 190 g/mol. The second kappa shape index (κ2) is 2.10. The van der Waals surface area contributed by atoms with Crippen molar-refractivity contribution in [3.8, 4) is 0 Å². The Morgan fingerprint density at radius 2 is 2.38 bits per heavy atom. The Morgan fingerprint density at radius 3 is 3.31 bits per heavy atom. The maximum atomic E-state index is 4.99. The number of rotatable bonds is 0. The van der Waals surface area contributed by atoms with Crippen LogP contribution in [0.4, 0.5) is 0 Å². The maximum absolute atomic E-state index is 4.99. The molecule has 3 aromatic rings. The van der Waals surface area contributed by atoms with Gasteiger partial charge < -0.3 is 0 Å². The van der Waals surface area contributed by atoms with Crippen LogP contribution in [0.2, 0.25) is 0 Å². The number of aromatic nitrogens is 7. The first-order valence-electron chi connectivity index (χ1n) is 3.49. The lowest BCUT2D eigenvalue weighted by atomic mass is 10.5. The molecule has 0 aliphatic rings. The Balaban J connectivity index is 2.79. The number of H-pyrrole nitrogens is 2. The molecule has 0 unspecified atom stereocenters. The van der Waals surface area contributed by atoms with E-state index in [1.54, 1.807) is 0 Å². The van der Waals surface area contributed by atoms with Gasteiger partial charge in [-0.05, 0) is 12.2 Å². The lowest BCUT2D eigenvalue weighted by molar-refractivity contribution is 0.911. The van der Waals surface area contributed by atoms with E-state index < -0.39 is 0 Å². The normalized spacial score (nSPS) is 11.4. The SMILES string of the molecule is S=c1nc2[nH][nH]nc2c2ncnn12. The van der Waals surface area contributed by atoms with Gasteiger partial charge in [-0.1, -0.05) is 0 Å². The molecule has 13 heavy (non-hydrogen) atoms. The molecule has 3 aromatic heterocycles. The summed E-state index contributed by atoms with van der Waals surface area (Å²) in [6, 6.07) is 0. The van der Waals surface area contributed by atoms with Crippen molar-refractivity contribution in [2.75, 3.05) is 0 Å². The smallest absolute Gasteiger partial charge is 0.224 e. The predicted molar refractivity (Wildman–Crippen MR) is 45.6 cm³/mol. The van der Waals surface area contributed by atoms with Crippen molar-refractivity contribution >= 4 is 29.0 Å². The fourth-order valence-corrected chi connectivity index (χ4v) is 1.40. The molecule has 0 bridgehead atoms. The molecule has 0 aromatic carbocycles. The summed E-state index contributed by atoms with van der Waals surface area (Å²) in [5, 5.41) is 13.2. The lowest BCUT2D eigenvalue weighted by Gasteiger charge is -1.89. The Kier molecular flexibility index (Phi) is 1.08. The zero-order valence-electron chi connectivity index (χ0n) is 6.22. The van der Waals surface area contributed by atoms with Crippen molar-refractivity contribution in [3.05, 3.63) is 11.1 Å². The zero-order valence-corrected chi connectivity index (χ0v) is 7.04. The minimum atomic E-state index is 0.359. The molecule has 3 rings (SSSR count). The van der Waals surface area contributed by atoms with Crippen molar-refractivity contribution in [2.24, 2.45) is 0 Å². The topological polar surface area (TPSA) is 87.5 Å². The Bertz CT molecular complexity index is 631. The highest BCUT2D eigenvalue weighted by atomic mass is 32.1. The highest BCUT2D eigenvalue weighted by Crippen LogP contribution is 2.09. The van der Waals surface area contributed by atoms with Crippen molar-refractivity contribution in [1.29, 1.82) is 0 Å². The highest BCUT2D eigenvalue weighted by Gasteiger charge is 2.07. The minimum Gasteiger partial charge on any atom is -0.266 e. The van der Waals surface area contributed by atoms with Crippen molar-refractivity contribution in [2.45, 2.75) is 0 Å². The first kappa shape index (κ1) is 6.66. The summed E-state index contributed by atoms with van der Waals surface area (Å²) >= 11 is 4.99. The van der Waals surface area contributed by atoms with Crippen LogP contribution < -0.4 is 0 Å². The van der Waals surface area contributed by atoms with Gasteiger partial charge in [-0.25, -0.2) is 10.2 Å². The molecule has 0 saturated heterocycles. The van der Waals surface area contributed by atoms with Gasteiger partial charge in [0.2, 0.25) is 4.77 Å². The molecule has 7 nitrogen and oxygen atoms in total. The Morgan fingerprint density at radius 1 is 1.46 bits per heavy atom. The summed E-state index contributed by atoms with van der Waals surface area (Å²) < 4.78 is 1.82. The summed E-state index contributed by atoms with van der Waals surface area (Å²) in [5.41, 5.74) is 1.82. The van der Waals surface area contributed by atoms with Gasteiger partial charge in [0.05, 0.1) is 0 Å². The van der Waals surface area contributed by atoms with E-state index in [-0.39, 0.29) is 0 Å². The Labute approximate surface area is 75.8 Å². The van der Waals surface area contributed by atoms with Crippen LogP contribution in [0.1, 0.15) is 0 Å². The van der Waals surface area contributed by atoms with Crippen LogP contribution in [0, 0.1) is 4.77 Å². The van der Waals surface area contributed by atoms with Crippen molar-refractivity contribution < 1.29 is 0 Å². The molecule has 0 amide bonds. The summed E-state index contributed by atoms with van der Waals surface area (Å²) in [6.45, 7) is 0. The van der Waals surface area contributed by atoms with Crippen molar-refractivity contribution in [3.63, 3.8) is 0 Å². The van der Waals surface area contributed by atoms with E-state index in [2.05, 4.69) is 30.5 Å². The van der Waals surface area contributed by atoms with Gasteiger partial charge in [-0.15, -0.1) is 0 Å². The van der Waals surface area contributed by atoms with E-state index in [1.165, 1.54) is 10.8 Å². The number of aromatic amines is 2. The quantitative estimate of drug-likeness (QED) is 0.493. The molecule has 0 aliphatic heterocycles. The van der Waals surface area contributed by atoms with Crippen LogP contribution in [0.15, 0.2) is 6.33 Å². The molecule has 0 radical (unpaired) electrons. The second-order valence-electron chi connectivity index (χ2n) is 2.44. The first-order valence-corrected chi connectivity index (χ1v) is 3.89. The summed E-state index contributed by atoms with van der Waals surface area (Å²) in [4.78, 5) is 8.08. The van der Waals surface area contributed by atoms with E-state index in [0.717, 1.165) is 0 Å². The van der Waals surface area contributed by atoms with Gasteiger partial charge in [-0.3, -0.25) is 5.10 Å². The van der Waals surface area contributed by atoms with Crippen LogP contribution in [-0.4, -0.2) is 35.0 Å². The van der Waals surface area contributed by atoms with E-state index in [9.17, 15) is 0 Å². The van der Waals surface area contributed by atoms with Crippen LogP contribution >= 0.6 is 12.2 Å². The molecule has 0 saturated carbocycles. The highest BCUT2D eigenvalue weighted by molar-refractivity contribution is 7.71. The number of nitrogens with one attached hydrogen (secondary N) is 2. The van der Waals surface area contributed by atoms with E-state index in [0.29, 0.717) is 21.6 Å². The molecular formula is C5H3N7S. The van der Waals surface area contributed by atoms with E-state index in [4.69, 9.17) is 12.2 Å². The van der Waals surface area contributed by atoms with E-state index in [1.807, 2.05) is 0 Å². The summed E-state index contributed by atoms with van der Waals surface area (Å²) in [7, 11) is 0. The Hall–Kier alpha value is -1.83. The summed E-state index contributed by atoms with van der Waals surface area (Å²) in [6.07, 6.45) is 1.42. The molecule has 0 fully saturated rings. The van der Waals surface area contributed by atoms with Gasteiger partial charge in [0.25, 0.3) is 0 Å². The van der Waals surface area contributed by atoms with Gasteiger partial charge in [0.1, 0.15) is 6.33 Å². The standard InChI is InChI=1S/C5H3N7S/c13-5-8-3-2(9-11-10-3)4-6-1-7-12(4)5/h1H,(H2,8,9,10,11,13). The average Bonchev–Trinajstić information content (AvgIpc) is 2.66.